The molecule has 3 heteroatoms. The molecule has 0 aliphatic carbocycles. The maximum atomic E-state index is 11.8. The van der Waals surface area contributed by atoms with Crippen LogP contribution in [0.5, 0.6) is 0 Å². The van der Waals surface area contributed by atoms with Crippen LogP contribution in [-0.2, 0) is 11.2 Å². The maximum Gasteiger partial charge on any atom is 0.208 e. The third-order valence-electron chi connectivity index (χ3n) is 5.32. The molecule has 152 valence electrons. The maximum absolute atomic E-state index is 11.8. The Morgan fingerprint density at radius 3 is 0.900 bits per heavy atom. The van der Waals surface area contributed by atoms with Crippen molar-refractivity contribution in [2.75, 3.05) is 7.11 Å². The largest absolute Gasteiger partial charge is 0.400 e. The zero-order valence-corrected chi connectivity index (χ0v) is 16.9. The molecule has 0 amide bonds. The van der Waals surface area contributed by atoms with Gasteiger partial charge in [-0.05, 0) is 16.7 Å². The topological polar surface area (TPSA) is 60.7 Å². The second-order valence-electron chi connectivity index (χ2n) is 6.89. The van der Waals surface area contributed by atoms with E-state index in [0.29, 0.717) is 5.56 Å². The first-order chi connectivity index (χ1) is 14.7. The second-order valence-corrected chi connectivity index (χ2v) is 6.89. The van der Waals surface area contributed by atoms with Gasteiger partial charge in [0.25, 0.3) is 0 Å². The lowest BCUT2D eigenvalue weighted by Crippen LogP contribution is -2.51. The number of benzene rings is 4. The first-order valence-corrected chi connectivity index (χ1v) is 9.79. The van der Waals surface area contributed by atoms with Crippen molar-refractivity contribution in [1.29, 1.82) is 0 Å². The SMILES string of the molecule is CO.OC(O)(c1ccccc1)C(c1ccccc1)(c1ccccc1)c1ccccc1. The van der Waals surface area contributed by atoms with Gasteiger partial charge in [0.15, 0.2) is 0 Å². The lowest BCUT2D eigenvalue weighted by atomic mass is 9.62. The summed E-state index contributed by atoms with van der Waals surface area (Å²) in [6.07, 6.45) is 0. The Bertz CT molecular complexity index is 918. The van der Waals surface area contributed by atoms with Crippen LogP contribution in [0.3, 0.4) is 0 Å². The average Bonchev–Trinajstić information content (AvgIpc) is 2.83. The summed E-state index contributed by atoms with van der Waals surface area (Å²) in [4.78, 5) is 0. The van der Waals surface area contributed by atoms with E-state index in [1.165, 1.54) is 0 Å². The van der Waals surface area contributed by atoms with Crippen molar-refractivity contribution in [2.45, 2.75) is 11.2 Å². The summed E-state index contributed by atoms with van der Waals surface area (Å²) in [5.41, 5.74) is 1.65. The molecule has 0 bridgehead atoms. The molecule has 0 fully saturated rings. The summed E-state index contributed by atoms with van der Waals surface area (Å²) in [5.74, 6) is -2.18. The Balaban J connectivity index is 0.00000124. The van der Waals surface area contributed by atoms with Gasteiger partial charge in [0.2, 0.25) is 5.79 Å². The van der Waals surface area contributed by atoms with Gasteiger partial charge in [0, 0.05) is 12.7 Å². The molecule has 4 rings (SSSR count). The van der Waals surface area contributed by atoms with Crippen LogP contribution >= 0.6 is 0 Å². The van der Waals surface area contributed by atoms with Gasteiger partial charge in [0.1, 0.15) is 5.41 Å². The van der Waals surface area contributed by atoms with E-state index in [1.54, 1.807) is 12.1 Å². The molecule has 0 saturated heterocycles. The number of aliphatic hydroxyl groups is 3. The van der Waals surface area contributed by atoms with Crippen LogP contribution in [-0.4, -0.2) is 22.4 Å². The normalized spacial score (nSPS) is 11.3. The summed E-state index contributed by atoms with van der Waals surface area (Å²) in [5, 5.41) is 30.6. The van der Waals surface area contributed by atoms with Gasteiger partial charge >= 0.3 is 0 Å². The van der Waals surface area contributed by atoms with E-state index in [2.05, 4.69) is 0 Å². The van der Waals surface area contributed by atoms with Gasteiger partial charge in [-0.25, -0.2) is 0 Å². The Labute approximate surface area is 177 Å². The van der Waals surface area contributed by atoms with E-state index in [0.717, 1.165) is 23.8 Å². The molecule has 0 heterocycles. The van der Waals surface area contributed by atoms with Crippen molar-refractivity contribution in [1.82, 2.24) is 0 Å². The van der Waals surface area contributed by atoms with Crippen LogP contribution in [0.4, 0.5) is 0 Å². The fourth-order valence-corrected chi connectivity index (χ4v) is 4.06. The van der Waals surface area contributed by atoms with Crippen LogP contribution in [0.1, 0.15) is 22.3 Å². The first kappa shape index (κ1) is 21.5. The Kier molecular flexibility index (Phi) is 6.80. The van der Waals surface area contributed by atoms with Crippen LogP contribution < -0.4 is 0 Å². The molecule has 0 saturated carbocycles. The van der Waals surface area contributed by atoms with E-state index in [4.69, 9.17) is 5.11 Å². The van der Waals surface area contributed by atoms with Crippen molar-refractivity contribution in [3.8, 4) is 0 Å². The predicted molar refractivity (Wildman–Crippen MR) is 120 cm³/mol. The Morgan fingerprint density at radius 1 is 0.400 bits per heavy atom. The zero-order chi connectivity index (χ0) is 21.5. The minimum absolute atomic E-state index is 0.437. The lowest BCUT2D eigenvalue weighted by Gasteiger charge is -2.45. The third kappa shape index (κ3) is 3.66. The van der Waals surface area contributed by atoms with Crippen molar-refractivity contribution in [3.05, 3.63) is 144 Å². The summed E-state index contributed by atoms with van der Waals surface area (Å²) < 4.78 is 0. The van der Waals surface area contributed by atoms with Gasteiger partial charge < -0.3 is 15.3 Å². The smallest absolute Gasteiger partial charge is 0.208 e. The molecule has 0 radical (unpaired) electrons. The monoisotopic (exact) mass is 398 g/mol. The molecule has 0 aliphatic heterocycles. The molecule has 0 aromatic heterocycles. The van der Waals surface area contributed by atoms with Crippen LogP contribution in [0.25, 0.3) is 0 Å². The zero-order valence-electron chi connectivity index (χ0n) is 16.9. The van der Waals surface area contributed by atoms with Gasteiger partial charge in [-0.3, -0.25) is 0 Å². The molecule has 3 nitrogen and oxygen atoms in total. The van der Waals surface area contributed by atoms with Crippen LogP contribution in [0, 0.1) is 0 Å². The highest BCUT2D eigenvalue weighted by molar-refractivity contribution is 5.54. The van der Waals surface area contributed by atoms with E-state index in [9.17, 15) is 10.2 Å². The Morgan fingerprint density at radius 2 is 0.633 bits per heavy atom. The van der Waals surface area contributed by atoms with E-state index < -0.39 is 11.2 Å². The molecule has 3 N–H and O–H groups in total. The predicted octanol–water partition coefficient (Wildman–Crippen LogP) is 4.47. The summed E-state index contributed by atoms with van der Waals surface area (Å²) in [6.45, 7) is 0. The average molecular weight is 399 g/mol. The van der Waals surface area contributed by atoms with Crippen molar-refractivity contribution in [2.24, 2.45) is 0 Å². The fourth-order valence-electron chi connectivity index (χ4n) is 4.06. The number of hydrogen-bond donors (Lipinski definition) is 3. The van der Waals surface area contributed by atoms with Gasteiger partial charge in [-0.2, -0.15) is 0 Å². The molecule has 4 aromatic rings. The first-order valence-electron chi connectivity index (χ1n) is 9.79. The van der Waals surface area contributed by atoms with E-state index >= 15 is 0 Å². The molecule has 0 aliphatic rings. The standard InChI is InChI=1S/C26H22O2.CH4O/c27-26(28,24-19-11-4-12-20-24)25(21-13-5-1-6-14-21,22-15-7-2-8-16-22)23-17-9-3-10-18-23;1-2/h1-20,27-28H;2H,1H3. The highest BCUT2D eigenvalue weighted by atomic mass is 16.5. The van der Waals surface area contributed by atoms with Gasteiger partial charge in [-0.15, -0.1) is 0 Å². The molecular formula is C27H26O3. The quantitative estimate of drug-likeness (QED) is 0.343. The van der Waals surface area contributed by atoms with Crippen molar-refractivity contribution < 1.29 is 15.3 Å². The van der Waals surface area contributed by atoms with E-state index in [-0.39, 0.29) is 0 Å². The summed E-state index contributed by atoms with van der Waals surface area (Å²) in [7, 11) is 1.00. The summed E-state index contributed by atoms with van der Waals surface area (Å²) >= 11 is 0. The number of aliphatic hydroxyl groups excluding tert-OH is 1. The second kappa shape index (κ2) is 9.51. The minimum Gasteiger partial charge on any atom is -0.400 e. The molecule has 0 unspecified atom stereocenters. The molecule has 0 atom stereocenters. The lowest BCUT2D eigenvalue weighted by molar-refractivity contribution is -0.203. The van der Waals surface area contributed by atoms with E-state index in [1.807, 2.05) is 109 Å². The van der Waals surface area contributed by atoms with Gasteiger partial charge in [0.05, 0.1) is 0 Å². The third-order valence-corrected chi connectivity index (χ3v) is 5.32. The van der Waals surface area contributed by atoms with Crippen molar-refractivity contribution in [3.63, 3.8) is 0 Å². The molecular weight excluding hydrogens is 372 g/mol. The number of hydrogen-bond acceptors (Lipinski definition) is 3. The van der Waals surface area contributed by atoms with Gasteiger partial charge in [-0.1, -0.05) is 121 Å². The van der Waals surface area contributed by atoms with Crippen molar-refractivity contribution >= 4 is 0 Å². The Hall–Kier alpha value is -3.24. The fraction of sp³-hybridized carbons (Fsp3) is 0.111. The summed E-state index contributed by atoms with van der Waals surface area (Å²) in [6, 6.07) is 38.1. The molecule has 30 heavy (non-hydrogen) atoms. The molecule has 0 spiro atoms. The highest BCUT2D eigenvalue weighted by Gasteiger charge is 2.54. The molecule has 4 aromatic carbocycles. The van der Waals surface area contributed by atoms with Crippen LogP contribution in [0.15, 0.2) is 121 Å². The highest BCUT2D eigenvalue weighted by Crippen LogP contribution is 2.50. The minimum atomic E-state index is -2.18. The number of rotatable bonds is 5. The van der Waals surface area contributed by atoms with Crippen LogP contribution in [0.2, 0.25) is 0 Å².